The van der Waals surface area contributed by atoms with Crippen LogP contribution < -0.4 is 16.6 Å². The number of nitrogens with two attached hydrogens (primary N) is 1. The highest BCUT2D eigenvalue weighted by Crippen LogP contribution is 2.15. The summed E-state index contributed by atoms with van der Waals surface area (Å²) in [4.78, 5) is 8.08. The van der Waals surface area contributed by atoms with E-state index in [-0.39, 0.29) is 0 Å². The number of hydrogen-bond donors (Lipinski definition) is 3. The number of nitrogens with zero attached hydrogens (tertiary/aromatic N) is 2. The number of aromatic nitrogens is 2. The molecule has 0 spiro atoms. The van der Waals surface area contributed by atoms with Crippen molar-refractivity contribution in [2.45, 2.75) is 6.92 Å². The predicted octanol–water partition coefficient (Wildman–Crippen LogP) is 1.81. The molecule has 0 aliphatic rings. The molecule has 1 aromatic carbocycles. The van der Waals surface area contributed by atoms with Crippen molar-refractivity contribution < 1.29 is 0 Å². The van der Waals surface area contributed by atoms with Gasteiger partial charge >= 0.3 is 0 Å². The van der Waals surface area contributed by atoms with Crippen LogP contribution in [0.5, 0.6) is 0 Å². The van der Waals surface area contributed by atoms with Gasteiger partial charge in [0.25, 0.3) is 0 Å². The van der Waals surface area contributed by atoms with Gasteiger partial charge in [-0.05, 0) is 25.1 Å². The number of nitrogen functional groups attached to an aromatic ring is 1. The van der Waals surface area contributed by atoms with Crippen LogP contribution in [0.25, 0.3) is 0 Å². The van der Waals surface area contributed by atoms with Crippen molar-refractivity contribution in [1.29, 1.82) is 0 Å². The van der Waals surface area contributed by atoms with Crippen LogP contribution in [0.2, 0.25) is 0 Å². The van der Waals surface area contributed by atoms with Crippen LogP contribution in [-0.4, -0.2) is 9.97 Å². The molecule has 0 aliphatic heterocycles. The first kappa shape index (κ1) is 10.4. The molecule has 5 heteroatoms. The zero-order valence-electron chi connectivity index (χ0n) is 8.94. The van der Waals surface area contributed by atoms with E-state index in [1.165, 1.54) is 5.56 Å². The van der Waals surface area contributed by atoms with E-state index in [1.54, 1.807) is 12.3 Å². The second-order valence-electron chi connectivity index (χ2n) is 3.40. The third-order valence-electron chi connectivity index (χ3n) is 2.11. The number of aryl methyl sites for hydroxylation is 1. The van der Waals surface area contributed by atoms with E-state index >= 15 is 0 Å². The van der Waals surface area contributed by atoms with Crippen LogP contribution in [0.4, 0.5) is 17.5 Å². The molecule has 0 unspecified atom stereocenters. The fraction of sp³-hybridized carbons (Fsp3) is 0.0909. The lowest BCUT2D eigenvalue weighted by molar-refractivity contribution is 1.12. The standard InChI is InChI=1S/C11H13N5/c1-8-2-4-9(5-3-8)14-10-6-7-13-11(15-10)16-12/h2-7H,12H2,1H3,(H2,13,14,15,16). The number of nitrogens with one attached hydrogen (secondary N) is 2. The van der Waals surface area contributed by atoms with E-state index in [1.807, 2.05) is 31.2 Å². The summed E-state index contributed by atoms with van der Waals surface area (Å²) in [6, 6.07) is 9.83. The summed E-state index contributed by atoms with van der Waals surface area (Å²) in [5.41, 5.74) is 4.60. The molecule has 0 radical (unpaired) electrons. The summed E-state index contributed by atoms with van der Waals surface area (Å²) in [7, 11) is 0. The average molecular weight is 215 g/mol. The summed E-state index contributed by atoms with van der Waals surface area (Å²) in [6.07, 6.45) is 1.64. The first-order chi connectivity index (χ1) is 7.78. The SMILES string of the molecule is Cc1ccc(Nc2ccnc(NN)n2)cc1. The fourth-order valence-corrected chi connectivity index (χ4v) is 1.28. The minimum absolute atomic E-state index is 0.386. The lowest BCUT2D eigenvalue weighted by Crippen LogP contribution is -2.10. The maximum absolute atomic E-state index is 5.23. The third kappa shape index (κ3) is 2.46. The maximum Gasteiger partial charge on any atom is 0.239 e. The molecule has 0 bridgehead atoms. The van der Waals surface area contributed by atoms with Gasteiger partial charge in [0.1, 0.15) is 5.82 Å². The predicted molar refractivity (Wildman–Crippen MR) is 64.3 cm³/mol. The van der Waals surface area contributed by atoms with Crippen molar-refractivity contribution in [2.24, 2.45) is 5.84 Å². The van der Waals surface area contributed by atoms with Crippen molar-refractivity contribution >= 4 is 17.5 Å². The van der Waals surface area contributed by atoms with Gasteiger partial charge in [0.2, 0.25) is 5.95 Å². The Morgan fingerprint density at radius 1 is 1.12 bits per heavy atom. The zero-order valence-corrected chi connectivity index (χ0v) is 8.94. The van der Waals surface area contributed by atoms with E-state index < -0.39 is 0 Å². The lowest BCUT2D eigenvalue weighted by atomic mass is 10.2. The highest BCUT2D eigenvalue weighted by molar-refractivity contribution is 5.56. The minimum Gasteiger partial charge on any atom is -0.340 e. The molecule has 2 aromatic rings. The fourth-order valence-electron chi connectivity index (χ4n) is 1.28. The van der Waals surface area contributed by atoms with Gasteiger partial charge in [0.05, 0.1) is 0 Å². The van der Waals surface area contributed by atoms with Gasteiger partial charge in [0.15, 0.2) is 0 Å². The molecule has 1 aromatic heterocycles. The summed E-state index contributed by atoms with van der Waals surface area (Å²) in [6.45, 7) is 2.05. The first-order valence-electron chi connectivity index (χ1n) is 4.91. The Balaban J connectivity index is 2.16. The molecule has 0 amide bonds. The monoisotopic (exact) mass is 215 g/mol. The molecule has 0 fully saturated rings. The molecule has 0 saturated carbocycles. The normalized spacial score (nSPS) is 9.88. The Hall–Kier alpha value is -2.14. The van der Waals surface area contributed by atoms with E-state index in [4.69, 9.17) is 5.84 Å². The molecular weight excluding hydrogens is 202 g/mol. The smallest absolute Gasteiger partial charge is 0.239 e. The minimum atomic E-state index is 0.386. The second-order valence-corrected chi connectivity index (χ2v) is 3.40. The van der Waals surface area contributed by atoms with Crippen LogP contribution in [0, 0.1) is 6.92 Å². The van der Waals surface area contributed by atoms with Crippen LogP contribution in [0.15, 0.2) is 36.5 Å². The first-order valence-corrected chi connectivity index (χ1v) is 4.91. The van der Waals surface area contributed by atoms with E-state index in [2.05, 4.69) is 20.7 Å². The van der Waals surface area contributed by atoms with Crippen LogP contribution >= 0.6 is 0 Å². The number of hydrazine groups is 1. The molecule has 0 saturated heterocycles. The van der Waals surface area contributed by atoms with Gasteiger partial charge < -0.3 is 5.32 Å². The Morgan fingerprint density at radius 2 is 1.88 bits per heavy atom. The van der Waals surface area contributed by atoms with Crippen LogP contribution in [0.1, 0.15) is 5.56 Å². The summed E-state index contributed by atoms with van der Waals surface area (Å²) < 4.78 is 0. The van der Waals surface area contributed by atoms with Crippen molar-refractivity contribution in [3.05, 3.63) is 42.1 Å². The van der Waals surface area contributed by atoms with E-state index in [0.29, 0.717) is 11.8 Å². The van der Waals surface area contributed by atoms with E-state index in [9.17, 15) is 0 Å². The van der Waals surface area contributed by atoms with Gasteiger partial charge in [-0.25, -0.2) is 10.8 Å². The number of benzene rings is 1. The largest absolute Gasteiger partial charge is 0.340 e. The van der Waals surface area contributed by atoms with Crippen LogP contribution in [-0.2, 0) is 0 Å². The molecule has 0 aliphatic carbocycles. The molecule has 5 nitrogen and oxygen atoms in total. The van der Waals surface area contributed by atoms with Gasteiger partial charge in [0, 0.05) is 11.9 Å². The summed E-state index contributed by atoms with van der Waals surface area (Å²) in [5, 5.41) is 3.16. The van der Waals surface area contributed by atoms with E-state index in [0.717, 1.165) is 5.69 Å². The highest BCUT2D eigenvalue weighted by Gasteiger charge is 1.97. The Labute approximate surface area is 93.7 Å². The Morgan fingerprint density at radius 3 is 2.56 bits per heavy atom. The summed E-state index contributed by atoms with van der Waals surface area (Å²) >= 11 is 0. The number of hydrogen-bond acceptors (Lipinski definition) is 5. The molecule has 0 atom stereocenters. The van der Waals surface area contributed by atoms with Gasteiger partial charge in [-0.1, -0.05) is 17.7 Å². The Bertz CT molecular complexity index is 466. The molecular formula is C11H13N5. The quantitative estimate of drug-likeness (QED) is 0.537. The molecule has 4 N–H and O–H groups in total. The molecule has 2 rings (SSSR count). The highest BCUT2D eigenvalue weighted by atomic mass is 15.3. The summed E-state index contributed by atoms with van der Waals surface area (Å²) in [5.74, 6) is 6.32. The topological polar surface area (TPSA) is 75.9 Å². The van der Waals surface area contributed by atoms with Crippen molar-refractivity contribution in [2.75, 3.05) is 10.7 Å². The van der Waals surface area contributed by atoms with Crippen molar-refractivity contribution in [3.8, 4) is 0 Å². The van der Waals surface area contributed by atoms with Gasteiger partial charge in [-0.2, -0.15) is 4.98 Å². The lowest BCUT2D eigenvalue weighted by Gasteiger charge is -2.06. The Kier molecular flexibility index (Phi) is 2.98. The van der Waals surface area contributed by atoms with Gasteiger partial charge in [-0.3, -0.25) is 5.43 Å². The van der Waals surface area contributed by atoms with Crippen molar-refractivity contribution in [1.82, 2.24) is 9.97 Å². The molecule has 82 valence electrons. The zero-order chi connectivity index (χ0) is 11.4. The molecule has 1 heterocycles. The molecule has 16 heavy (non-hydrogen) atoms. The maximum atomic E-state index is 5.23. The second kappa shape index (κ2) is 4.59. The third-order valence-corrected chi connectivity index (χ3v) is 2.11. The van der Waals surface area contributed by atoms with Crippen molar-refractivity contribution in [3.63, 3.8) is 0 Å². The van der Waals surface area contributed by atoms with Gasteiger partial charge in [-0.15, -0.1) is 0 Å². The number of anilines is 3. The average Bonchev–Trinajstić information content (AvgIpc) is 2.32. The van der Waals surface area contributed by atoms with Crippen LogP contribution in [0.3, 0.4) is 0 Å². The number of rotatable bonds is 3.